The highest BCUT2D eigenvalue weighted by atomic mass is 28.4. The van der Waals surface area contributed by atoms with E-state index in [1.54, 1.807) is 48.5 Å². The van der Waals surface area contributed by atoms with Crippen LogP contribution in [0, 0.1) is 0 Å². The van der Waals surface area contributed by atoms with Crippen molar-refractivity contribution >= 4 is 40.2 Å². The average molecular weight is 579 g/mol. The van der Waals surface area contributed by atoms with Crippen LogP contribution in [0.15, 0.2) is 60.7 Å². The van der Waals surface area contributed by atoms with Crippen molar-refractivity contribution in [1.29, 1.82) is 0 Å². The first-order chi connectivity index (χ1) is 17.7. The molecule has 39 heavy (non-hydrogen) atoms. The predicted molar refractivity (Wildman–Crippen MR) is 159 cm³/mol. The van der Waals surface area contributed by atoms with Crippen molar-refractivity contribution in [3.8, 4) is 0 Å². The number of amides is 2. The van der Waals surface area contributed by atoms with Crippen molar-refractivity contribution in [2.45, 2.75) is 64.0 Å². The molecular weight excluding hydrogens is 532 g/mol. The van der Waals surface area contributed by atoms with E-state index in [9.17, 15) is 20.0 Å². The highest BCUT2D eigenvalue weighted by Gasteiger charge is 2.52. The van der Waals surface area contributed by atoms with Gasteiger partial charge in [0.1, 0.15) is 27.3 Å². The number of para-hydroxylation sites is 2. The lowest BCUT2D eigenvalue weighted by atomic mass is 10.2. The monoisotopic (exact) mass is 578 g/mol. The van der Waals surface area contributed by atoms with E-state index in [-0.39, 0.29) is 13.2 Å². The van der Waals surface area contributed by atoms with Gasteiger partial charge in [0.2, 0.25) is 0 Å². The summed E-state index contributed by atoms with van der Waals surface area (Å²) in [4.78, 5) is 25.7. The van der Waals surface area contributed by atoms with Crippen LogP contribution in [0.25, 0.3) is 0 Å². The fraction of sp³-hybridized carbons (Fsp3) is 0.500. The first-order valence-electron chi connectivity index (χ1n) is 13.0. The van der Waals surface area contributed by atoms with Gasteiger partial charge in [0.25, 0.3) is 0 Å². The number of hydrogen-bond donors (Lipinski definition) is 2. The Morgan fingerprint density at radius 2 is 0.949 bits per heavy atom. The molecule has 2 unspecified atom stereocenters. The van der Waals surface area contributed by atoms with Gasteiger partial charge < -0.3 is 13.6 Å². The third-order valence-electron chi connectivity index (χ3n) is 8.11. The van der Waals surface area contributed by atoms with Gasteiger partial charge in [0.15, 0.2) is 28.0 Å². The Morgan fingerprint density at radius 1 is 0.667 bits per heavy atom. The number of carbonyl (C=O) groups excluding carboxylic acids is 2. The van der Waals surface area contributed by atoms with Crippen LogP contribution < -0.4 is 9.29 Å². The predicted octanol–water partition coefficient (Wildman–Crippen LogP) is 7.30. The molecule has 2 aromatic rings. The van der Waals surface area contributed by atoms with Gasteiger partial charge >= 0.3 is 12.2 Å². The molecule has 0 aliphatic rings. The Morgan fingerprint density at radius 3 is 1.23 bits per heavy atom. The van der Waals surface area contributed by atoms with Crippen LogP contribution in [-0.2, 0) is 13.6 Å². The molecule has 0 aliphatic carbocycles. The van der Waals surface area contributed by atoms with Gasteiger partial charge in [-0.15, -0.1) is 0 Å². The quantitative estimate of drug-likeness (QED) is 0.132. The molecule has 0 aliphatic heterocycles. The van der Waals surface area contributed by atoms with Crippen LogP contribution in [0.4, 0.5) is 21.0 Å². The van der Waals surface area contributed by atoms with Crippen LogP contribution in [0.3, 0.4) is 0 Å². The third-order valence-corrected chi connectivity index (χ3v) is 19.0. The Labute approximate surface area is 234 Å². The lowest BCUT2D eigenvalue weighted by Crippen LogP contribution is -2.58. The molecule has 0 fully saturated rings. The number of benzene rings is 2. The van der Waals surface area contributed by atoms with Crippen molar-refractivity contribution in [3.05, 3.63) is 60.7 Å². The maximum Gasteiger partial charge on any atom is 0.554 e. The summed E-state index contributed by atoms with van der Waals surface area (Å²) in [5.41, 5.74) is 0.811. The minimum absolute atomic E-state index is 0.0730. The fourth-order valence-corrected chi connectivity index (χ4v) is 11.8. The average Bonchev–Trinajstić information content (AvgIpc) is 2.86. The van der Waals surface area contributed by atoms with E-state index in [1.807, 2.05) is 39.8 Å². The van der Waals surface area contributed by atoms with Gasteiger partial charge in [-0.2, -0.15) is 9.59 Å². The molecule has 2 atom stereocenters. The van der Waals surface area contributed by atoms with Gasteiger partial charge in [-0.3, -0.25) is 0 Å². The molecule has 11 heteroatoms. The zero-order chi connectivity index (χ0) is 29.9. The number of rotatable bonds is 10. The first-order valence-corrected chi connectivity index (χ1v) is 18.8. The number of carbonyl (C=O) groups is 2. The maximum absolute atomic E-state index is 12.8. The first kappa shape index (κ1) is 32.8. The van der Waals surface area contributed by atoms with Crippen LogP contribution in [0.2, 0.25) is 36.3 Å². The molecule has 0 bridgehead atoms. The second-order valence-electron chi connectivity index (χ2n) is 12.6. The van der Waals surface area contributed by atoms with Gasteiger partial charge in [-0.05, 0) is 26.2 Å². The van der Waals surface area contributed by atoms with Crippen molar-refractivity contribution in [2.75, 3.05) is 27.3 Å². The Bertz CT molecular complexity index is 1050. The van der Waals surface area contributed by atoms with Gasteiger partial charge in [-0.1, -0.05) is 73.4 Å². The van der Waals surface area contributed by atoms with Gasteiger partial charge in [0.05, 0.1) is 0 Å². The van der Waals surface area contributed by atoms with Crippen molar-refractivity contribution in [3.63, 3.8) is 0 Å². The van der Waals surface area contributed by atoms with Crippen molar-refractivity contribution in [1.82, 2.24) is 9.29 Å². The topological polar surface area (TPSA) is 102 Å². The number of hydrogen-bond acceptors (Lipinski definition) is 7. The molecule has 2 rings (SSSR count). The molecule has 2 aromatic carbocycles. The van der Waals surface area contributed by atoms with Crippen LogP contribution in [-0.4, -0.2) is 66.5 Å². The maximum atomic E-state index is 12.8. The molecule has 0 heterocycles. The smallest absolute Gasteiger partial charge is 0.455 e. The molecular formula is C28H46N2O7Si2+2. The lowest BCUT2D eigenvalue weighted by molar-refractivity contribution is -0.0483. The minimum Gasteiger partial charge on any atom is -0.455 e. The van der Waals surface area contributed by atoms with Crippen LogP contribution in [0.5, 0.6) is 0 Å². The van der Waals surface area contributed by atoms with E-state index in [2.05, 4.69) is 26.2 Å². The summed E-state index contributed by atoms with van der Waals surface area (Å²) >= 11 is 0. The second-order valence-corrected chi connectivity index (χ2v) is 22.2. The van der Waals surface area contributed by atoms with E-state index in [0.29, 0.717) is 11.4 Å². The molecule has 0 radical (unpaired) electrons. The highest BCUT2D eigenvalue weighted by molar-refractivity contribution is 6.87. The van der Waals surface area contributed by atoms with Gasteiger partial charge in [-0.25, -0.2) is 10.4 Å². The number of ether oxygens (including phenoxy) is 2. The fourth-order valence-electron chi connectivity index (χ4n) is 3.64. The van der Waals surface area contributed by atoms with E-state index < -0.39 is 48.2 Å². The summed E-state index contributed by atoms with van der Waals surface area (Å²) in [5.74, 6) is 0. The summed E-state index contributed by atoms with van der Waals surface area (Å²) in [5, 5.41) is 20.5. The number of quaternary nitrogens is 2. The standard InChI is InChI=1S/C28H46N2O7Si2/c1-27(2,21-35-25(31)29(5,33)23-17-13-11-14-18-23)38(7,8)37-39(9,10)28(3,4)22-36-26(32)30(6,34)24-19-15-12-16-20-24/h11-20,33-34H,21-22H2,1-10H3/q+2. The molecule has 0 saturated heterocycles. The SMILES string of the molecule is CC(C)(COC(=O)[N+](C)(O)c1ccccc1)[Si](C)(C)O[Si](C)(C)C(C)(C)COC(=O)[N+](C)(O)c1ccccc1. The van der Waals surface area contributed by atoms with E-state index in [0.717, 1.165) is 0 Å². The van der Waals surface area contributed by atoms with Crippen LogP contribution in [0.1, 0.15) is 27.7 Å². The van der Waals surface area contributed by atoms with Gasteiger partial charge in [0, 0.05) is 34.3 Å². The largest absolute Gasteiger partial charge is 0.554 e. The normalized spacial score (nSPS) is 16.1. The van der Waals surface area contributed by atoms with Crippen molar-refractivity contribution in [2.24, 2.45) is 0 Å². The molecule has 216 valence electrons. The van der Waals surface area contributed by atoms with Crippen molar-refractivity contribution < 1.29 is 33.6 Å². The molecule has 9 nitrogen and oxygen atoms in total. The molecule has 0 spiro atoms. The zero-order valence-electron chi connectivity index (χ0n) is 25.0. The summed E-state index contributed by atoms with van der Waals surface area (Å²) in [6, 6.07) is 17.3. The summed E-state index contributed by atoms with van der Waals surface area (Å²) in [7, 11) is -2.30. The lowest BCUT2D eigenvalue weighted by Gasteiger charge is -2.48. The second kappa shape index (κ2) is 11.6. The zero-order valence-corrected chi connectivity index (χ0v) is 27.0. The minimum atomic E-state index is -2.52. The third kappa shape index (κ3) is 7.43. The van der Waals surface area contributed by atoms with E-state index >= 15 is 0 Å². The Balaban J connectivity index is 2.08. The number of nitrogens with zero attached hydrogens (tertiary/aromatic N) is 2. The highest BCUT2D eigenvalue weighted by Crippen LogP contribution is 2.46. The Kier molecular flexibility index (Phi) is 9.77. The van der Waals surface area contributed by atoms with Crippen LogP contribution >= 0.6 is 0 Å². The molecule has 0 aromatic heterocycles. The van der Waals surface area contributed by atoms with E-state index in [1.165, 1.54) is 14.1 Å². The number of hydroxylamine groups is 4. The van der Waals surface area contributed by atoms with E-state index in [4.69, 9.17) is 13.6 Å². The summed E-state index contributed by atoms with van der Waals surface area (Å²) in [6.45, 7) is 16.5. The Hall–Kier alpha value is -2.39. The summed E-state index contributed by atoms with van der Waals surface area (Å²) < 4.78 is 16.1. The molecule has 0 saturated carbocycles. The molecule has 2 amide bonds. The summed E-state index contributed by atoms with van der Waals surface area (Å²) in [6.07, 6.45) is -1.54. The molecule has 2 N–H and O–H groups in total.